The maximum atomic E-state index is 14.3. The van der Waals surface area contributed by atoms with Crippen molar-refractivity contribution in [1.82, 2.24) is 9.47 Å². The number of carbonyl (C=O) groups is 1. The van der Waals surface area contributed by atoms with E-state index >= 15 is 0 Å². The maximum absolute atomic E-state index is 14.3. The van der Waals surface area contributed by atoms with Gasteiger partial charge in [-0.1, -0.05) is 17.7 Å². The molecule has 1 heterocycles. The number of hydrogen-bond donors (Lipinski definition) is 1. The average molecular weight is 424 g/mol. The number of benzene rings is 2. The number of hydrogen-bond acceptors (Lipinski definition) is 2. The molecule has 1 atom stereocenters. The number of nitrogens with zero attached hydrogens (tertiary/aromatic N) is 2. The van der Waals surface area contributed by atoms with Gasteiger partial charge in [-0.3, -0.25) is 4.79 Å². The van der Waals surface area contributed by atoms with Crippen LogP contribution in [0.15, 0.2) is 41.3 Å². The van der Waals surface area contributed by atoms with Crippen molar-refractivity contribution >= 4 is 34.1 Å². The fraction of sp³-hybridized carbons (Fsp3) is 0.200. The van der Waals surface area contributed by atoms with Crippen molar-refractivity contribution in [3.8, 4) is 0 Å². The predicted octanol–water partition coefficient (Wildman–Crippen LogP) is 4.83. The summed E-state index contributed by atoms with van der Waals surface area (Å²) in [6.45, 7) is 1.68. The molecule has 152 valence electrons. The Labute approximate surface area is 169 Å². The van der Waals surface area contributed by atoms with E-state index in [0.717, 1.165) is 16.7 Å². The number of carbonyl (C=O) groups excluding carboxylic acids is 1. The highest BCUT2D eigenvalue weighted by molar-refractivity contribution is 6.31. The van der Waals surface area contributed by atoms with Gasteiger partial charge in [0.15, 0.2) is 11.6 Å². The third kappa shape index (κ3) is 3.80. The van der Waals surface area contributed by atoms with E-state index in [0.29, 0.717) is 11.3 Å². The quantitative estimate of drug-likeness (QED) is 0.655. The highest BCUT2D eigenvalue weighted by atomic mass is 35.5. The van der Waals surface area contributed by atoms with Crippen LogP contribution >= 0.6 is 11.6 Å². The van der Waals surface area contributed by atoms with Crippen molar-refractivity contribution in [3.05, 3.63) is 74.9 Å². The number of rotatable bonds is 3. The minimum atomic E-state index is -1.23. The van der Waals surface area contributed by atoms with E-state index in [4.69, 9.17) is 11.6 Å². The van der Waals surface area contributed by atoms with Crippen LogP contribution in [-0.2, 0) is 7.05 Å². The van der Waals surface area contributed by atoms with E-state index in [9.17, 15) is 22.8 Å². The topological polar surface area (TPSA) is 54.3 Å². The van der Waals surface area contributed by atoms with Gasteiger partial charge in [0.05, 0.1) is 16.5 Å². The van der Waals surface area contributed by atoms with Crippen molar-refractivity contribution in [2.75, 3.05) is 12.4 Å². The van der Waals surface area contributed by atoms with E-state index < -0.39 is 35.1 Å². The Kier molecular flexibility index (Phi) is 5.57. The highest BCUT2D eigenvalue weighted by Crippen LogP contribution is 2.28. The summed E-state index contributed by atoms with van der Waals surface area (Å²) >= 11 is 5.72. The van der Waals surface area contributed by atoms with Crippen LogP contribution in [0.2, 0.25) is 5.02 Å². The van der Waals surface area contributed by atoms with E-state index in [2.05, 4.69) is 5.32 Å². The molecule has 0 aliphatic carbocycles. The first kappa shape index (κ1) is 20.7. The van der Waals surface area contributed by atoms with Gasteiger partial charge >= 0.3 is 6.03 Å². The Morgan fingerprint density at radius 2 is 1.83 bits per heavy atom. The van der Waals surface area contributed by atoms with Crippen LogP contribution in [-0.4, -0.2) is 22.5 Å². The second kappa shape index (κ2) is 7.79. The molecule has 2 aromatic carbocycles. The van der Waals surface area contributed by atoms with Crippen molar-refractivity contribution in [3.63, 3.8) is 0 Å². The normalized spacial score (nSPS) is 12.1. The molecule has 3 aromatic rings. The number of aromatic nitrogens is 1. The number of pyridine rings is 1. The van der Waals surface area contributed by atoms with Gasteiger partial charge in [0.1, 0.15) is 5.82 Å². The first-order chi connectivity index (χ1) is 13.6. The predicted molar refractivity (Wildman–Crippen MR) is 106 cm³/mol. The van der Waals surface area contributed by atoms with Crippen molar-refractivity contribution in [2.45, 2.75) is 13.0 Å². The third-order valence-electron chi connectivity index (χ3n) is 4.80. The second-order valence-corrected chi connectivity index (χ2v) is 7.04. The van der Waals surface area contributed by atoms with E-state index in [1.54, 1.807) is 6.92 Å². The Balaban J connectivity index is 1.98. The van der Waals surface area contributed by atoms with Crippen LogP contribution in [0, 0.1) is 17.5 Å². The molecule has 29 heavy (non-hydrogen) atoms. The number of fused-ring (bicyclic) bond motifs is 1. The molecule has 0 saturated heterocycles. The highest BCUT2D eigenvalue weighted by Gasteiger charge is 2.23. The standard InChI is InChI=1S/C20H17ClF3N3O2/c1-10(27(3)20(29)25-11-4-6-15(22)14(21)8-11)13-9-26(2)19(28)17-12(13)5-7-16(23)18(17)24/h4-10H,1-3H3,(H,25,29)/t10-/m0/s1. The zero-order valence-corrected chi connectivity index (χ0v) is 16.5. The molecule has 1 aromatic heterocycles. The van der Waals surface area contributed by atoms with Gasteiger partial charge in [-0.15, -0.1) is 0 Å². The van der Waals surface area contributed by atoms with Crippen molar-refractivity contribution < 1.29 is 18.0 Å². The molecule has 0 bridgehead atoms. The summed E-state index contributed by atoms with van der Waals surface area (Å²) in [5.74, 6) is -2.97. The molecule has 0 fully saturated rings. The van der Waals surface area contributed by atoms with Crippen molar-refractivity contribution in [2.24, 2.45) is 7.05 Å². The first-order valence-electron chi connectivity index (χ1n) is 8.58. The maximum Gasteiger partial charge on any atom is 0.322 e. The second-order valence-electron chi connectivity index (χ2n) is 6.63. The third-order valence-corrected chi connectivity index (χ3v) is 5.08. The largest absolute Gasteiger partial charge is 0.322 e. The Bertz CT molecular complexity index is 1180. The SMILES string of the molecule is C[C@@H](c1cn(C)c(=O)c2c(F)c(F)ccc12)N(C)C(=O)Nc1ccc(F)c(Cl)c1. The summed E-state index contributed by atoms with van der Waals surface area (Å²) in [5.41, 5.74) is 0.0654. The van der Waals surface area contributed by atoms with Crippen molar-refractivity contribution in [1.29, 1.82) is 0 Å². The molecule has 0 unspecified atom stereocenters. The van der Waals surface area contributed by atoms with Gasteiger partial charge in [0, 0.05) is 26.0 Å². The number of urea groups is 1. The molecule has 0 radical (unpaired) electrons. The van der Waals surface area contributed by atoms with E-state index in [1.165, 1.54) is 43.4 Å². The van der Waals surface area contributed by atoms with Gasteiger partial charge in [0.25, 0.3) is 5.56 Å². The lowest BCUT2D eigenvalue weighted by Crippen LogP contribution is -2.34. The molecule has 0 aliphatic heterocycles. The fourth-order valence-corrected chi connectivity index (χ4v) is 3.20. The van der Waals surface area contributed by atoms with E-state index in [-0.39, 0.29) is 15.8 Å². The molecular formula is C20H17ClF3N3O2. The van der Waals surface area contributed by atoms with Crippen LogP contribution in [0.4, 0.5) is 23.7 Å². The van der Waals surface area contributed by atoms with Gasteiger partial charge in [-0.05, 0) is 42.1 Å². The Hall–Kier alpha value is -3.00. The van der Waals surface area contributed by atoms with Crippen LogP contribution in [0.25, 0.3) is 10.8 Å². The van der Waals surface area contributed by atoms with Gasteiger partial charge < -0.3 is 14.8 Å². The molecule has 3 rings (SSSR count). The summed E-state index contributed by atoms with van der Waals surface area (Å²) in [7, 11) is 2.92. The summed E-state index contributed by atoms with van der Waals surface area (Å²) in [4.78, 5) is 26.2. The number of aryl methyl sites for hydroxylation is 1. The number of nitrogens with one attached hydrogen (secondary N) is 1. The molecular weight excluding hydrogens is 407 g/mol. The van der Waals surface area contributed by atoms with Gasteiger partial charge in [0.2, 0.25) is 0 Å². The summed E-state index contributed by atoms with van der Waals surface area (Å²) < 4.78 is 42.3. The summed E-state index contributed by atoms with van der Waals surface area (Å²) in [5, 5.41) is 2.28. The molecule has 0 spiro atoms. The molecule has 0 aliphatic rings. The lowest BCUT2D eigenvalue weighted by atomic mass is 10.0. The fourth-order valence-electron chi connectivity index (χ4n) is 3.02. The Morgan fingerprint density at radius 3 is 2.48 bits per heavy atom. The van der Waals surface area contributed by atoms with Gasteiger partial charge in [-0.2, -0.15) is 0 Å². The number of anilines is 1. The number of halogens is 4. The van der Waals surface area contributed by atoms with Crippen LogP contribution in [0.5, 0.6) is 0 Å². The lowest BCUT2D eigenvalue weighted by Gasteiger charge is -2.27. The minimum Gasteiger partial charge on any atom is -0.321 e. The lowest BCUT2D eigenvalue weighted by molar-refractivity contribution is 0.208. The van der Waals surface area contributed by atoms with E-state index in [1.807, 2.05) is 0 Å². The van der Waals surface area contributed by atoms with Crippen LogP contribution in [0.3, 0.4) is 0 Å². The van der Waals surface area contributed by atoms with Crippen LogP contribution in [0.1, 0.15) is 18.5 Å². The Morgan fingerprint density at radius 1 is 1.17 bits per heavy atom. The molecule has 9 heteroatoms. The zero-order chi connectivity index (χ0) is 21.5. The zero-order valence-electron chi connectivity index (χ0n) is 15.8. The molecule has 0 saturated carbocycles. The first-order valence-corrected chi connectivity index (χ1v) is 8.95. The number of amides is 2. The summed E-state index contributed by atoms with van der Waals surface area (Å²) in [6, 6.07) is 4.86. The molecule has 5 nitrogen and oxygen atoms in total. The average Bonchev–Trinajstić information content (AvgIpc) is 2.68. The monoisotopic (exact) mass is 423 g/mol. The molecule has 1 N–H and O–H groups in total. The minimum absolute atomic E-state index is 0.139. The van der Waals surface area contributed by atoms with Crippen LogP contribution < -0.4 is 10.9 Å². The van der Waals surface area contributed by atoms with Gasteiger partial charge in [-0.25, -0.2) is 18.0 Å². The smallest absolute Gasteiger partial charge is 0.321 e. The molecule has 2 amide bonds. The summed E-state index contributed by atoms with van der Waals surface area (Å²) in [6.07, 6.45) is 1.48.